The number of nitrogens with one attached hydrogen (secondary N) is 1. The van der Waals surface area contributed by atoms with Gasteiger partial charge in [-0.3, -0.25) is 0 Å². The summed E-state index contributed by atoms with van der Waals surface area (Å²) in [5.74, 6) is 0. The van der Waals surface area contributed by atoms with Gasteiger partial charge in [-0.05, 0) is 31.0 Å². The summed E-state index contributed by atoms with van der Waals surface area (Å²) in [5.41, 5.74) is 7.51. The second-order valence-electron chi connectivity index (χ2n) is 4.55. The predicted octanol–water partition coefficient (Wildman–Crippen LogP) is 1.94. The largest absolute Gasteiger partial charge is 0.395 e. The summed E-state index contributed by atoms with van der Waals surface area (Å²) in [5, 5.41) is 11.8. The van der Waals surface area contributed by atoms with Crippen LogP contribution in [-0.2, 0) is 0 Å². The molecule has 0 aliphatic carbocycles. The smallest absolute Gasteiger partial charge is 0.321 e. The van der Waals surface area contributed by atoms with E-state index < -0.39 is 0 Å². The molecule has 1 unspecified atom stereocenters. The Morgan fingerprint density at radius 3 is 2.79 bits per heavy atom. The van der Waals surface area contributed by atoms with Gasteiger partial charge in [-0.1, -0.05) is 19.1 Å². The van der Waals surface area contributed by atoms with Crippen LogP contribution in [-0.4, -0.2) is 35.7 Å². The highest BCUT2D eigenvalue weighted by molar-refractivity contribution is 5.89. The Labute approximate surface area is 114 Å². The third kappa shape index (κ3) is 4.89. The van der Waals surface area contributed by atoms with Crippen LogP contribution in [0.25, 0.3) is 0 Å². The fourth-order valence-electron chi connectivity index (χ4n) is 1.81. The molecule has 2 amide bonds. The lowest BCUT2D eigenvalue weighted by Gasteiger charge is -2.21. The van der Waals surface area contributed by atoms with Crippen molar-refractivity contribution >= 4 is 11.7 Å². The van der Waals surface area contributed by atoms with Crippen LogP contribution in [0.15, 0.2) is 24.3 Å². The maximum Gasteiger partial charge on any atom is 0.321 e. The quantitative estimate of drug-likeness (QED) is 0.735. The summed E-state index contributed by atoms with van der Waals surface area (Å²) in [6.45, 7) is 4.82. The van der Waals surface area contributed by atoms with Crippen LogP contribution in [0, 0.1) is 0 Å². The number of amides is 2. The van der Waals surface area contributed by atoms with Crippen LogP contribution in [0.3, 0.4) is 0 Å². The van der Waals surface area contributed by atoms with E-state index in [1.807, 2.05) is 38.1 Å². The van der Waals surface area contributed by atoms with Gasteiger partial charge in [0.2, 0.25) is 0 Å². The highest BCUT2D eigenvalue weighted by Gasteiger charge is 2.12. The van der Waals surface area contributed by atoms with Gasteiger partial charge >= 0.3 is 6.03 Å². The molecule has 0 spiro atoms. The van der Waals surface area contributed by atoms with Crippen LogP contribution < -0.4 is 11.1 Å². The first-order valence-corrected chi connectivity index (χ1v) is 6.60. The third-order valence-electron chi connectivity index (χ3n) is 2.81. The number of carbonyl (C=O) groups excluding carboxylic acids is 1. The van der Waals surface area contributed by atoms with E-state index in [2.05, 4.69) is 5.32 Å². The zero-order valence-electron chi connectivity index (χ0n) is 11.6. The Balaban J connectivity index is 2.71. The molecular weight excluding hydrogens is 242 g/mol. The first kappa shape index (κ1) is 15.5. The molecule has 0 aromatic heterocycles. The van der Waals surface area contributed by atoms with Gasteiger partial charge in [-0.15, -0.1) is 0 Å². The number of nitrogens with zero attached hydrogens (tertiary/aromatic N) is 1. The van der Waals surface area contributed by atoms with Crippen molar-refractivity contribution in [3.63, 3.8) is 0 Å². The number of aliphatic hydroxyl groups excluding tert-OH is 1. The minimum absolute atomic E-state index is 0.0344. The van der Waals surface area contributed by atoms with E-state index in [4.69, 9.17) is 10.8 Å². The van der Waals surface area contributed by atoms with Gasteiger partial charge in [0.15, 0.2) is 0 Å². The molecule has 1 rings (SSSR count). The zero-order valence-corrected chi connectivity index (χ0v) is 11.6. The molecule has 4 N–H and O–H groups in total. The normalized spacial score (nSPS) is 12.0. The van der Waals surface area contributed by atoms with Crippen molar-refractivity contribution in [2.75, 3.05) is 25.0 Å². The number of aliphatic hydroxyl groups is 1. The molecule has 1 atom stereocenters. The molecule has 0 radical (unpaired) electrons. The van der Waals surface area contributed by atoms with Crippen molar-refractivity contribution in [3.8, 4) is 0 Å². The monoisotopic (exact) mass is 265 g/mol. The van der Waals surface area contributed by atoms with Crippen LogP contribution in [0.1, 0.15) is 31.9 Å². The molecule has 1 aromatic carbocycles. The van der Waals surface area contributed by atoms with Crippen molar-refractivity contribution in [2.24, 2.45) is 5.73 Å². The highest BCUT2D eigenvalue weighted by Crippen LogP contribution is 2.16. The summed E-state index contributed by atoms with van der Waals surface area (Å²) in [6.07, 6.45) is 0.854. The first-order valence-electron chi connectivity index (χ1n) is 6.60. The van der Waals surface area contributed by atoms with Gasteiger partial charge in [-0.25, -0.2) is 4.79 Å². The number of nitrogens with two attached hydrogens (primary N) is 1. The highest BCUT2D eigenvalue weighted by atomic mass is 16.3. The first-order chi connectivity index (χ1) is 9.08. The summed E-state index contributed by atoms with van der Waals surface area (Å²) >= 11 is 0. The number of carbonyl (C=O) groups is 1. The fraction of sp³-hybridized carbons (Fsp3) is 0.500. The Hall–Kier alpha value is -1.59. The van der Waals surface area contributed by atoms with Crippen LogP contribution >= 0.6 is 0 Å². The summed E-state index contributed by atoms with van der Waals surface area (Å²) in [7, 11) is 0. The minimum Gasteiger partial charge on any atom is -0.395 e. The molecule has 0 saturated carbocycles. The van der Waals surface area contributed by atoms with Gasteiger partial charge < -0.3 is 21.1 Å². The Morgan fingerprint density at radius 1 is 1.47 bits per heavy atom. The molecule has 106 valence electrons. The van der Waals surface area contributed by atoms with Gasteiger partial charge in [0, 0.05) is 24.8 Å². The molecule has 0 saturated heterocycles. The Bertz CT molecular complexity index is 401. The standard InChI is InChI=1S/C14H23N3O2/c1-3-7-17(8-9-18)14(19)16-13-6-4-5-12(10-13)11(2)15/h4-6,10-11,18H,3,7-9,15H2,1-2H3,(H,16,19). The van der Waals surface area contributed by atoms with E-state index >= 15 is 0 Å². The lowest BCUT2D eigenvalue weighted by molar-refractivity contribution is 0.188. The molecule has 5 heteroatoms. The van der Waals surface area contributed by atoms with Crippen molar-refractivity contribution in [1.29, 1.82) is 0 Å². The maximum absolute atomic E-state index is 12.0. The molecular formula is C14H23N3O2. The van der Waals surface area contributed by atoms with E-state index in [0.29, 0.717) is 13.1 Å². The fourth-order valence-corrected chi connectivity index (χ4v) is 1.81. The lowest BCUT2D eigenvalue weighted by Crippen LogP contribution is -2.37. The molecule has 0 aliphatic heterocycles. The Morgan fingerprint density at radius 2 is 2.21 bits per heavy atom. The van der Waals surface area contributed by atoms with E-state index in [9.17, 15) is 4.79 Å². The molecule has 1 aromatic rings. The summed E-state index contributed by atoms with van der Waals surface area (Å²) in [4.78, 5) is 13.6. The molecule has 0 bridgehead atoms. The number of rotatable bonds is 6. The third-order valence-corrected chi connectivity index (χ3v) is 2.81. The number of urea groups is 1. The summed E-state index contributed by atoms with van der Waals surface area (Å²) < 4.78 is 0. The van der Waals surface area contributed by atoms with Crippen molar-refractivity contribution in [2.45, 2.75) is 26.3 Å². The average Bonchev–Trinajstić information content (AvgIpc) is 2.38. The topological polar surface area (TPSA) is 78.6 Å². The van der Waals surface area contributed by atoms with Crippen molar-refractivity contribution in [1.82, 2.24) is 4.90 Å². The van der Waals surface area contributed by atoms with Gasteiger partial charge in [0.1, 0.15) is 0 Å². The van der Waals surface area contributed by atoms with E-state index in [1.54, 1.807) is 4.90 Å². The number of anilines is 1. The molecule has 0 heterocycles. The van der Waals surface area contributed by atoms with Gasteiger partial charge in [-0.2, -0.15) is 0 Å². The lowest BCUT2D eigenvalue weighted by atomic mass is 10.1. The second-order valence-corrected chi connectivity index (χ2v) is 4.55. The molecule has 5 nitrogen and oxygen atoms in total. The number of hydrogen-bond acceptors (Lipinski definition) is 3. The molecule has 0 fully saturated rings. The van der Waals surface area contributed by atoms with Crippen LogP contribution in [0.5, 0.6) is 0 Å². The van der Waals surface area contributed by atoms with E-state index in [1.165, 1.54) is 0 Å². The van der Waals surface area contributed by atoms with Crippen molar-refractivity contribution in [3.05, 3.63) is 29.8 Å². The van der Waals surface area contributed by atoms with Crippen molar-refractivity contribution < 1.29 is 9.90 Å². The van der Waals surface area contributed by atoms with E-state index in [-0.39, 0.29) is 18.7 Å². The maximum atomic E-state index is 12.0. The van der Waals surface area contributed by atoms with Gasteiger partial charge in [0.25, 0.3) is 0 Å². The van der Waals surface area contributed by atoms with Crippen LogP contribution in [0.4, 0.5) is 10.5 Å². The number of benzene rings is 1. The second kappa shape index (κ2) is 7.76. The van der Waals surface area contributed by atoms with Crippen LogP contribution in [0.2, 0.25) is 0 Å². The SMILES string of the molecule is CCCN(CCO)C(=O)Nc1cccc(C(C)N)c1. The van der Waals surface area contributed by atoms with Gasteiger partial charge in [0.05, 0.1) is 6.61 Å². The molecule has 0 aliphatic rings. The predicted molar refractivity (Wildman–Crippen MR) is 77.0 cm³/mol. The minimum atomic E-state index is -0.197. The average molecular weight is 265 g/mol. The Kier molecular flexibility index (Phi) is 6.32. The number of hydrogen-bond donors (Lipinski definition) is 3. The summed E-state index contributed by atoms with van der Waals surface area (Å²) in [6, 6.07) is 7.22. The van der Waals surface area contributed by atoms with E-state index in [0.717, 1.165) is 17.7 Å². The zero-order chi connectivity index (χ0) is 14.3. The molecule has 19 heavy (non-hydrogen) atoms.